The zero-order valence-corrected chi connectivity index (χ0v) is 27.7. The fourth-order valence-corrected chi connectivity index (χ4v) is 8.77. The van der Waals surface area contributed by atoms with Crippen molar-refractivity contribution in [3.8, 4) is 33.4 Å². The average Bonchev–Trinajstić information content (AvgIpc) is 3.59. The van der Waals surface area contributed by atoms with Gasteiger partial charge in [-0.25, -0.2) is 0 Å². The summed E-state index contributed by atoms with van der Waals surface area (Å²) in [5.74, 6) is 0. The summed E-state index contributed by atoms with van der Waals surface area (Å²) in [5, 5.41) is 14.7. The minimum absolute atomic E-state index is 0.915. The molecule has 1 nitrogen and oxygen atoms in total. The standard InChI is InChI=1S/C50H30O/c1-2-16-32(17-3-1)45-34-19-6-10-23-38(34)48(39-24-11-7-20-35(39)45)49-40-25-12-8-21-36(40)46(37-22-9-13-26-41(37)49)42-27-14-28-43-47-33-18-5-4-15-31(33)29-30-44(47)51-50(42)43/h1-30H. The summed E-state index contributed by atoms with van der Waals surface area (Å²) in [6, 6.07) is 66.1. The van der Waals surface area contributed by atoms with Crippen LogP contribution < -0.4 is 0 Å². The highest BCUT2D eigenvalue weighted by Gasteiger charge is 2.24. The van der Waals surface area contributed by atoms with Crippen LogP contribution in [0.15, 0.2) is 186 Å². The third kappa shape index (κ3) is 4.03. The molecule has 0 N–H and O–H groups in total. The van der Waals surface area contributed by atoms with Crippen molar-refractivity contribution in [1.29, 1.82) is 0 Å². The highest BCUT2D eigenvalue weighted by Crippen LogP contribution is 2.51. The Morgan fingerprint density at radius 2 is 0.706 bits per heavy atom. The van der Waals surface area contributed by atoms with E-state index in [2.05, 4.69) is 182 Å². The first-order chi connectivity index (χ1) is 25.3. The molecular weight excluding hydrogens is 617 g/mol. The molecule has 0 aliphatic carbocycles. The zero-order chi connectivity index (χ0) is 33.5. The smallest absolute Gasteiger partial charge is 0.143 e. The summed E-state index contributed by atoms with van der Waals surface area (Å²) in [6.45, 7) is 0. The van der Waals surface area contributed by atoms with Gasteiger partial charge in [0, 0.05) is 21.9 Å². The Labute approximate surface area is 294 Å². The van der Waals surface area contributed by atoms with Crippen LogP contribution in [0.1, 0.15) is 0 Å². The molecule has 236 valence electrons. The molecule has 11 aromatic rings. The molecule has 11 rings (SSSR count). The minimum Gasteiger partial charge on any atom is -0.455 e. The molecule has 0 amide bonds. The van der Waals surface area contributed by atoms with Gasteiger partial charge in [0.25, 0.3) is 0 Å². The predicted molar refractivity (Wildman–Crippen MR) is 218 cm³/mol. The van der Waals surface area contributed by atoms with E-state index < -0.39 is 0 Å². The van der Waals surface area contributed by atoms with Crippen LogP contribution in [0.3, 0.4) is 0 Å². The van der Waals surface area contributed by atoms with Crippen molar-refractivity contribution in [2.75, 3.05) is 0 Å². The Bertz CT molecular complexity index is 3070. The normalized spacial score (nSPS) is 11.9. The Hall–Kier alpha value is -6.70. The average molecular weight is 647 g/mol. The molecule has 1 aromatic heterocycles. The van der Waals surface area contributed by atoms with Gasteiger partial charge in [0.1, 0.15) is 11.2 Å². The van der Waals surface area contributed by atoms with Crippen LogP contribution in [0.2, 0.25) is 0 Å². The lowest BCUT2D eigenvalue weighted by atomic mass is 9.81. The number of para-hydroxylation sites is 1. The first-order valence-corrected chi connectivity index (χ1v) is 17.6. The molecule has 0 spiro atoms. The molecule has 0 bridgehead atoms. The molecule has 1 heterocycles. The Morgan fingerprint density at radius 1 is 0.275 bits per heavy atom. The molecule has 0 aliphatic rings. The molecule has 0 unspecified atom stereocenters. The van der Waals surface area contributed by atoms with Gasteiger partial charge in [-0.15, -0.1) is 0 Å². The van der Waals surface area contributed by atoms with Crippen LogP contribution in [0.5, 0.6) is 0 Å². The van der Waals surface area contributed by atoms with Gasteiger partial charge in [-0.05, 0) is 82.2 Å². The minimum atomic E-state index is 0.915. The van der Waals surface area contributed by atoms with Crippen molar-refractivity contribution in [1.82, 2.24) is 0 Å². The van der Waals surface area contributed by atoms with Crippen LogP contribution >= 0.6 is 0 Å². The quantitative estimate of drug-likeness (QED) is 0.174. The topological polar surface area (TPSA) is 13.1 Å². The van der Waals surface area contributed by atoms with Gasteiger partial charge in [-0.3, -0.25) is 0 Å². The number of furan rings is 1. The number of fused-ring (bicyclic) bond motifs is 9. The van der Waals surface area contributed by atoms with E-state index >= 15 is 0 Å². The lowest BCUT2D eigenvalue weighted by molar-refractivity contribution is 0.670. The maximum atomic E-state index is 6.83. The van der Waals surface area contributed by atoms with E-state index in [9.17, 15) is 0 Å². The highest BCUT2D eigenvalue weighted by molar-refractivity contribution is 6.31. The maximum Gasteiger partial charge on any atom is 0.143 e. The van der Waals surface area contributed by atoms with E-state index in [1.807, 2.05) is 0 Å². The van der Waals surface area contributed by atoms with Crippen LogP contribution in [-0.4, -0.2) is 0 Å². The molecule has 10 aromatic carbocycles. The Kier molecular flexibility index (Phi) is 6.02. The number of hydrogen-bond acceptors (Lipinski definition) is 1. The molecule has 0 aliphatic heterocycles. The lowest BCUT2D eigenvalue weighted by Gasteiger charge is -2.22. The summed E-state index contributed by atoms with van der Waals surface area (Å²) < 4.78 is 6.83. The third-order valence-electron chi connectivity index (χ3n) is 10.8. The van der Waals surface area contributed by atoms with Gasteiger partial charge in [0.2, 0.25) is 0 Å². The van der Waals surface area contributed by atoms with Gasteiger partial charge in [-0.1, -0.05) is 176 Å². The zero-order valence-electron chi connectivity index (χ0n) is 27.7. The van der Waals surface area contributed by atoms with Crippen LogP contribution in [0, 0.1) is 0 Å². The lowest BCUT2D eigenvalue weighted by Crippen LogP contribution is -1.94. The first kappa shape index (κ1) is 28.2. The molecule has 0 radical (unpaired) electrons. The van der Waals surface area contributed by atoms with Crippen LogP contribution in [0.25, 0.3) is 109 Å². The fourth-order valence-electron chi connectivity index (χ4n) is 8.77. The van der Waals surface area contributed by atoms with Crippen molar-refractivity contribution < 1.29 is 4.42 Å². The van der Waals surface area contributed by atoms with Gasteiger partial charge >= 0.3 is 0 Å². The summed E-state index contributed by atoms with van der Waals surface area (Å²) >= 11 is 0. The van der Waals surface area contributed by atoms with Crippen molar-refractivity contribution in [2.24, 2.45) is 0 Å². The Morgan fingerprint density at radius 3 is 1.25 bits per heavy atom. The van der Waals surface area contributed by atoms with E-state index in [1.54, 1.807) is 0 Å². The van der Waals surface area contributed by atoms with Gasteiger partial charge in [0.05, 0.1) is 0 Å². The second kappa shape index (κ2) is 10.9. The van der Waals surface area contributed by atoms with Gasteiger partial charge in [-0.2, -0.15) is 0 Å². The Balaban J connectivity index is 1.30. The molecule has 51 heavy (non-hydrogen) atoms. The molecule has 0 saturated heterocycles. The number of rotatable bonds is 3. The van der Waals surface area contributed by atoms with E-state index in [-0.39, 0.29) is 0 Å². The SMILES string of the molecule is c1ccc(-c2c3ccccc3c(-c3c4ccccc4c(-c4cccc5c4oc4ccc6ccccc6c45)c4ccccc34)c3ccccc23)cc1. The summed E-state index contributed by atoms with van der Waals surface area (Å²) in [5.41, 5.74) is 9.20. The molecule has 0 fully saturated rings. The molecule has 0 saturated carbocycles. The van der Waals surface area contributed by atoms with Crippen molar-refractivity contribution in [2.45, 2.75) is 0 Å². The van der Waals surface area contributed by atoms with E-state index in [1.165, 1.54) is 87.1 Å². The van der Waals surface area contributed by atoms with E-state index in [0.717, 1.165) is 22.1 Å². The fraction of sp³-hybridized carbons (Fsp3) is 0. The van der Waals surface area contributed by atoms with Gasteiger partial charge in [0.15, 0.2) is 0 Å². The third-order valence-corrected chi connectivity index (χ3v) is 10.8. The van der Waals surface area contributed by atoms with Crippen LogP contribution in [-0.2, 0) is 0 Å². The van der Waals surface area contributed by atoms with Crippen molar-refractivity contribution in [3.05, 3.63) is 182 Å². The molecule has 1 heteroatoms. The van der Waals surface area contributed by atoms with E-state index in [4.69, 9.17) is 4.42 Å². The molecular formula is C50H30O. The summed E-state index contributed by atoms with van der Waals surface area (Å²) in [4.78, 5) is 0. The number of hydrogen-bond donors (Lipinski definition) is 0. The van der Waals surface area contributed by atoms with E-state index in [0.29, 0.717) is 0 Å². The second-order valence-corrected chi connectivity index (χ2v) is 13.5. The second-order valence-electron chi connectivity index (χ2n) is 13.5. The number of benzene rings is 10. The maximum absolute atomic E-state index is 6.83. The predicted octanol–water partition coefficient (Wildman–Crippen LogP) is 14.4. The summed E-state index contributed by atoms with van der Waals surface area (Å²) in [6.07, 6.45) is 0. The van der Waals surface area contributed by atoms with Crippen molar-refractivity contribution in [3.63, 3.8) is 0 Å². The molecule has 0 atom stereocenters. The largest absolute Gasteiger partial charge is 0.455 e. The van der Waals surface area contributed by atoms with Crippen LogP contribution in [0.4, 0.5) is 0 Å². The monoisotopic (exact) mass is 646 g/mol. The first-order valence-electron chi connectivity index (χ1n) is 17.6. The highest BCUT2D eigenvalue weighted by atomic mass is 16.3. The van der Waals surface area contributed by atoms with Gasteiger partial charge < -0.3 is 4.42 Å². The van der Waals surface area contributed by atoms with Crippen molar-refractivity contribution >= 4 is 75.8 Å². The summed E-state index contributed by atoms with van der Waals surface area (Å²) in [7, 11) is 0.